The molecule has 0 amide bonds. The van der Waals surface area contributed by atoms with E-state index in [4.69, 9.17) is 10.5 Å². The Morgan fingerprint density at radius 1 is 1.40 bits per heavy atom. The van der Waals surface area contributed by atoms with Gasteiger partial charge in [-0.2, -0.15) is 4.31 Å². The molecule has 2 aliphatic rings. The lowest BCUT2D eigenvalue weighted by atomic mass is 9.96. The van der Waals surface area contributed by atoms with Crippen molar-refractivity contribution in [3.8, 4) is 5.75 Å². The monoisotopic (exact) mass is 296 g/mol. The molecule has 20 heavy (non-hydrogen) atoms. The van der Waals surface area contributed by atoms with Crippen LogP contribution in [0.25, 0.3) is 0 Å². The SMILES string of the molecule is CC1CCN(S(=O)(=O)c2ccc3c(c2)CCO3)CC1N. The molecular weight excluding hydrogens is 276 g/mol. The fourth-order valence-electron chi connectivity index (χ4n) is 2.76. The summed E-state index contributed by atoms with van der Waals surface area (Å²) in [5.74, 6) is 1.17. The van der Waals surface area contributed by atoms with Crippen LogP contribution in [-0.2, 0) is 16.4 Å². The Balaban J connectivity index is 1.88. The Morgan fingerprint density at radius 2 is 2.20 bits per heavy atom. The van der Waals surface area contributed by atoms with Crippen LogP contribution in [0.2, 0.25) is 0 Å². The number of nitrogens with zero attached hydrogens (tertiary/aromatic N) is 1. The van der Waals surface area contributed by atoms with Crippen LogP contribution in [0, 0.1) is 5.92 Å². The molecule has 1 fully saturated rings. The first kappa shape index (κ1) is 13.9. The smallest absolute Gasteiger partial charge is 0.243 e. The minimum absolute atomic E-state index is 0.0868. The number of nitrogens with two attached hydrogens (primary N) is 1. The van der Waals surface area contributed by atoms with Crippen molar-refractivity contribution < 1.29 is 13.2 Å². The van der Waals surface area contributed by atoms with E-state index in [1.54, 1.807) is 18.2 Å². The lowest BCUT2D eigenvalue weighted by molar-refractivity contribution is 0.253. The predicted molar refractivity (Wildman–Crippen MR) is 76.2 cm³/mol. The molecule has 1 aromatic rings. The van der Waals surface area contributed by atoms with Gasteiger partial charge in [-0.05, 0) is 36.1 Å². The standard InChI is InChI=1S/C14H20N2O3S/c1-10-4-6-16(9-13(10)15)20(17,18)12-2-3-14-11(8-12)5-7-19-14/h2-3,8,10,13H,4-7,9,15H2,1H3. The number of piperidine rings is 1. The molecule has 5 nitrogen and oxygen atoms in total. The molecule has 0 aliphatic carbocycles. The molecule has 1 aromatic carbocycles. The highest BCUT2D eigenvalue weighted by molar-refractivity contribution is 7.89. The third-order valence-corrected chi connectivity index (χ3v) is 6.14. The Morgan fingerprint density at radius 3 is 2.95 bits per heavy atom. The second-order valence-corrected chi connectivity index (χ2v) is 7.60. The first-order valence-corrected chi connectivity index (χ1v) is 8.44. The van der Waals surface area contributed by atoms with Crippen molar-refractivity contribution in [3.63, 3.8) is 0 Å². The van der Waals surface area contributed by atoms with E-state index >= 15 is 0 Å². The van der Waals surface area contributed by atoms with Gasteiger partial charge in [0.1, 0.15) is 5.75 Å². The predicted octanol–water partition coefficient (Wildman–Crippen LogP) is 0.979. The van der Waals surface area contributed by atoms with Crippen molar-refractivity contribution in [2.75, 3.05) is 19.7 Å². The van der Waals surface area contributed by atoms with Gasteiger partial charge in [0.05, 0.1) is 11.5 Å². The number of fused-ring (bicyclic) bond motifs is 1. The molecule has 2 unspecified atom stereocenters. The van der Waals surface area contributed by atoms with E-state index in [1.807, 2.05) is 0 Å². The van der Waals surface area contributed by atoms with E-state index in [2.05, 4.69) is 6.92 Å². The number of hydrogen-bond acceptors (Lipinski definition) is 4. The zero-order valence-corrected chi connectivity index (χ0v) is 12.4. The molecule has 1 saturated heterocycles. The molecule has 0 bridgehead atoms. The van der Waals surface area contributed by atoms with E-state index in [1.165, 1.54) is 4.31 Å². The highest BCUT2D eigenvalue weighted by Gasteiger charge is 2.32. The van der Waals surface area contributed by atoms with Gasteiger partial charge in [-0.1, -0.05) is 6.92 Å². The summed E-state index contributed by atoms with van der Waals surface area (Å²) in [4.78, 5) is 0.350. The summed E-state index contributed by atoms with van der Waals surface area (Å²) in [5, 5.41) is 0. The van der Waals surface area contributed by atoms with E-state index in [-0.39, 0.29) is 6.04 Å². The Bertz CT molecular complexity index is 615. The molecule has 0 radical (unpaired) electrons. The van der Waals surface area contributed by atoms with Gasteiger partial charge in [-0.25, -0.2) is 8.42 Å². The second-order valence-electron chi connectivity index (χ2n) is 5.66. The molecule has 110 valence electrons. The first-order valence-electron chi connectivity index (χ1n) is 7.00. The van der Waals surface area contributed by atoms with Crippen LogP contribution in [-0.4, -0.2) is 38.5 Å². The van der Waals surface area contributed by atoms with Gasteiger partial charge in [0.2, 0.25) is 10.0 Å². The largest absolute Gasteiger partial charge is 0.493 e. The quantitative estimate of drug-likeness (QED) is 0.883. The van der Waals surface area contributed by atoms with E-state index in [0.717, 1.165) is 24.2 Å². The second kappa shape index (κ2) is 5.02. The average molecular weight is 296 g/mol. The van der Waals surface area contributed by atoms with E-state index < -0.39 is 10.0 Å². The summed E-state index contributed by atoms with van der Waals surface area (Å²) in [6.07, 6.45) is 1.59. The Hall–Kier alpha value is -1.11. The first-order chi connectivity index (χ1) is 9.48. The van der Waals surface area contributed by atoms with Gasteiger partial charge in [-0.3, -0.25) is 0 Å². The molecule has 0 spiro atoms. The van der Waals surface area contributed by atoms with Crippen molar-refractivity contribution in [2.24, 2.45) is 11.7 Å². The van der Waals surface area contributed by atoms with Crippen molar-refractivity contribution in [1.29, 1.82) is 0 Å². The van der Waals surface area contributed by atoms with Crippen molar-refractivity contribution >= 4 is 10.0 Å². The van der Waals surface area contributed by atoms with Crippen LogP contribution in [0.5, 0.6) is 5.75 Å². The van der Waals surface area contributed by atoms with E-state index in [0.29, 0.717) is 30.5 Å². The van der Waals surface area contributed by atoms with Crippen LogP contribution >= 0.6 is 0 Å². The molecule has 2 aliphatic heterocycles. The molecule has 2 N–H and O–H groups in total. The fourth-order valence-corrected chi connectivity index (χ4v) is 4.30. The van der Waals surface area contributed by atoms with Gasteiger partial charge in [0.15, 0.2) is 0 Å². The van der Waals surface area contributed by atoms with Gasteiger partial charge < -0.3 is 10.5 Å². The minimum atomic E-state index is -3.44. The maximum Gasteiger partial charge on any atom is 0.243 e. The minimum Gasteiger partial charge on any atom is -0.493 e. The van der Waals surface area contributed by atoms with Crippen molar-refractivity contribution in [3.05, 3.63) is 23.8 Å². The highest BCUT2D eigenvalue weighted by Crippen LogP contribution is 2.30. The summed E-state index contributed by atoms with van der Waals surface area (Å²) in [7, 11) is -3.44. The Kier molecular flexibility index (Phi) is 3.48. The maximum absolute atomic E-state index is 12.7. The zero-order chi connectivity index (χ0) is 14.3. The lowest BCUT2D eigenvalue weighted by Crippen LogP contribution is -2.49. The topological polar surface area (TPSA) is 72.6 Å². The molecule has 0 aromatic heterocycles. The summed E-state index contributed by atoms with van der Waals surface area (Å²) in [6, 6.07) is 5.03. The fraction of sp³-hybridized carbons (Fsp3) is 0.571. The number of sulfonamides is 1. The molecule has 0 saturated carbocycles. The van der Waals surface area contributed by atoms with Crippen molar-refractivity contribution in [2.45, 2.75) is 30.7 Å². The van der Waals surface area contributed by atoms with Gasteiger partial charge >= 0.3 is 0 Å². The lowest BCUT2D eigenvalue weighted by Gasteiger charge is -2.34. The number of rotatable bonds is 2. The van der Waals surface area contributed by atoms with Gasteiger partial charge in [0, 0.05) is 25.6 Å². The van der Waals surface area contributed by atoms with E-state index in [9.17, 15) is 8.42 Å². The van der Waals surface area contributed by atoms with Crippen LogP contribution < -0.4 is 10.5 Å². The third kappa shape index (κ3) is 2.32. The number of hydrogen-bond donors (Lipinski definition) is 1. The van der Waals surface area contributed by atoms with Gasteiger partial charge in [-0.15, -0.1) is 0 Å². The highest BCUT2D eigenvalue weighted by atomic mass is 32.2. The van der Waals surface area contributed by atoms with Crippen LogP contribution in [0.4, 0.5) is 0 Å². The summed E-state index contributed by atoms with van der Waals surface area (Å²) in [5.41, 5.74) is 6.98. The van der Waals surface area contributed by atoms with Crippen molar-refractivity contribution in [1.82, 2.24) is 4.31 Å². The normalized spacial score (nSPS) is 27.1. The Labute approximate surface area is 119 Å². The average Bonchev–Trinajstić information content (AvgIpc) is 2.89. The molecule has 3 rings (SSSR count). The molecule has 2 heterocycles. The molecular formula is C14H20N2O3S. The number of ether oxygens (including phenoxy) is 1. The maximum atomic E-state index is 12.7. The molecule has 6 heteroatoms. The molecule has 2 atom stereocenters. The summed E-state index contributed by atoms with van der Waals surface area (Å²) < 4.78 is 32.3. The van der Waals surface area contributed by atoms with Crippen LogP contribution in [0.3, 0.4) is 0 Å². The third-order valence-electron chi connectivity index (χ3n) is 4.28. The van der Waals surface area contributed by atoms with Gasteiger partial charge in [0.25, 0.3) is 0 Å². The summed E-state index contributed by atoms with van der Waals surface area (Å²) >= 11 is 0. The van der Waals surface area contributed by atoms with Crippen LogP contribution in [0.15, 0.2) is 23.1 Å². The zero-order valence-electron chi connectivity index (χ0n) is 11.6. The summed E-state index contributed by atoms with van der Waals surface area (Å²) in [6.45, 7) is 3.65. The van der Waals surface area contributed by atoms with Crippen LogP contribution in [0.1, 0.15) is 18.9 Å². The number of benzene rings is 1.